The summed E-state index contributed by atoms with van der Waals surface area (Å²) in [6, 6.07) is 8.16. The van der Waals surface area contributed by atoms with Crippen LogP contribution in [-0.4, -0.2) is 24.6 Å². The first-order valence-corrected chi connectivity index (χ1v) is 5.37. The summed E-state index contributed by atoms with van der Waals surface area (Å²) in [5.41, 5.74) is 2.63. The fourth-order valence-electron chi connectivity index (χ4n) is 1.71. The van der Waals surface area contributed by atoms with E-state index in [0.29, 0.717) is 0 Å². The highest BCUT2D eigenvalue weighted by Gasteiger charge is 2.10. The Morgan fingerprint density at radius 1 is 1.27 bits per heavy atom. The van der Waals surface area contributed by atoms with E-state index >= 15 is 0 Å². The molecule has 1 aromatic rings. The molecule has 0 bridgehead atoms. The highest BCUT2D eigenvalue weighted by atomic mass is 35.5. The van der Waals surface area contributed by atoms with Crippen LogP contribution in [0.1, 0.15) is 12.0 Å². The van der Waals surface area contributed by atoms with E-state index in [2.05, 4.69) is 18.2 Å². The fraction of sp³-hybridized carbons (Fsp3) is 0.333. The third-order valence-electron chi connectivity index (χ3n) is 2.62. The van der Waals surface area contributed by atoms with E-state index in [4.69, 9.17) is 16.5 Å². The minimum absolute atomic E-state index is 0.822. The summed E-state index contributed by atoms with van der Waals surface area (Å²) in [5, 5.41) is 0. The zero-order valence-corrected chi connectivity index (χ0v) is 9.50. The van der Waals surface area contributed by atoms with Crippen LogP contribution in [0.25, 0.3) is 5.57 Å². The largest absolute Gasteiger partial charge is 0.497 e. The summed E-state index contributed by atoms with van der Waals surface area (Å²) >= 11 is 5.89. The number of methoxy groups -OCH3 is 1. The lowest BCUT2D eigenvalue weighted by Crippen LogP contribution is -2.18. The summed E-state index contributed by atoms with van der Waals surface area (Å²) < 4.78 is 6.92. The highest BCUT2D eigenvalue weighted by molar-refractivity contribution is 6.13. The summed E-state index contributed by atoms with van der Waals surface area (Å²) in [7, 11) is 1.68. The van der Waals surface area contributed by atoms with Gasteiger partial charge in [0, 0.05) is 13.1 Å². The molecule has 0 radical (unpaired) electrons. The molecular formula is C12H14ClNO. The number of ether oxygens (including phenoxy) is 1. The van der Waals surface area contributed by atoms with Crippen molar-refractivity contribution >= 4 is 17.3 Å². The van der Waals surface area contributed by atoms with Gasteiger partial charge in [0.15, 0.2) is 0 Å². The maximum Gasteiger partial charge on any atom is 0.118 e. The molecule has 0 fully saturated rings. The number of hydrogen-bond acceptors (Lipinski definition) is 2. The van der Waals surface area contributed by atoms with Crippen LogP contribution < -0.4 is 4.74 Å². The van der Waals surface area contributed by atoms with Crippen molar-refractivity contribution in [2.45, 2.75) is 6.42 Å². The van der Waals surface area contributed by atoms with Gasteiger partial charge in [-0.3, -0.25) is 0 Å². The molecule has 0 unspecified atom stereocenters. The van der Waals surface area contributed by atoms with Crippen LogP contribution in [0.15, 0.2) is 30.3 Å². The number of nitrogens with zero attached hydrogens (tertiary/aromatic N) is 1. The van der Waals surface area contributed by atoms with Crippen molar-refractivity contribution in [3.63, 3.8) is 0 Å². The van der Waals surface area contributed by atoms with E-state index in [0.717, 1.165) is 25.3 Å². The van der Waals surface area contributed by atoms with E-state index in [9.17, 15) is 0 Å². The van der Waals surface area contributed by atoms with Crippen molar-refractivity contribution in [1.82, 2.24) is 4.42 Å². The monoisotopic (exact) mass is 223 g/mol. The topological polar surface area (TPSA) is 12.5 Å². The number of hydrogen-bond donors (Lipinski definition) is 0. The first kappa shape index (κ1) is 10.5. The molecule has 1 aliphatic rings. The minimum atomic E-state index is 0.822. The zero-order valence-electron chi connectivity index (χ0n) is 8.74. The summed E-state index contributed by atoms with van der Waals surface area (Å²) in [4.78, 5) is 0. The normalized spacial score (nSPS) is 17.3. The zero-order chi connectivity index (χ0) is 10.7. The predicted octanol–water partition coefficient (Wildman–Crippen LogP) is 2.94. The molecule has 1 aliphatic heterocycles. The molecule has 0 aliphatic carbocycles. The molecule has 0 spiro atoms. The number of rotatable bonds is 2. The Labute approximate surface area is 95.2 Å². The first-order valence-electron chi connectivity index (χ1n) is 5.04. The summed E-state index contributed by atoms with van der Waals surface area (Å²) in [6.45, 7) is 1.74. The Hall–Kier alpha value is -0.990. The van der Waals surface area contributed by atoms with Gasteiger partial charge in [0.1, 0.15) is 5.75 Å². The molecular weight excluding hydrogens is 210 g/mol. The summed E-state index contributed by atoms with van der Waals surface area (Å²) in [5.74, 6) is 0.897. The molecule has 0 atom stereocenters. The molecule has 0 amide bonds. The fourth-order valence-corrected chi connectivity index (χ4v) is 1.87. The van der Waals surface area contributed by atoms with Crippen molar-refractivity contribution in [2.24, 2.45) is 0 Å². The SMILES string of the molecule is COc1ccc(C2=CCN(Cl)CC2)cc1. The maximum absolute atomic E-state index is 5.89. The van der Waals surface area contributed by atoms with E-state index in [-0.39, 0.29) is 0 Å². The second-order valence-corrected chi connectivity index (χ2v) is 4.05. The summed E-state index contributed by atoms with van der Waals surface area (Å²) in [6.07, 6.45) is 3.19. The highest BCUT2D eigenvalue weighted by Crippen LogP contribution is 2.24. The van der Waals surface area contributed by atoms with Crippen LogP contribution in [0.2, 0.25) is 0 Å². The van der Waals surface area contributed by atoms with Gasteiger partial charge in [-0.15, -0.1) is 0 Å². The van der Waals surface area contributed by atoms with E-state index in [1.807, 2.05) is 12.1 Å². The van der Waals surface area contributed by atoms with Crippen LogP contribution in [0.3, 0.4) is 0 Å². The molecule has 0 saturated carbocycles. The average Bonchev–Trinajstić information content (AvgIpc) is 2.30. The lowest BCUT2D eigenvalue weighted by molar-refractivity contribution is 0.414. The quantitative estimate of drug-likeness (QED) is 0.715. The molecule has 2 nitrogen and oxygen atoms in total. The van der Waals surface area contributed by atoms with Crippen LogP contribution in [0.5, 0.6) is 5.75 Å². The molecule has 0 N–H and O–H groups in total. The average molecular weight is 224 g/mol. The van der Waals surface area contributed by atoms with Gasteiger partial charge in [0.05, 0.1) is 7.11 Å². The first-order chi connectivity index (χ1) is 7.29. The van der Waals surface area contributed by atoms with E-state index in [1.165, 1.54) is 11.1 Å². The van der Waals surface area contributed by atoms with Gasteiger partial charge in [0.25, 0.3) is 0 Å². The van der Waals surface area contributed by atoms with Crippen LogP contribution in [0.4, 0.5) is 0 Å². The van der Waals surface area contributed by atoms with E-state index < -0.39 is 0 Å². The molecule has 3 heteroatoms. The van der Waals surface area contributed by atoms with Crippen LogP contribution in [-0.2, 0) is 0 Å². The standard InChI is InChI=1S/C12H14ClNO/c1-15-12-4-2-10(3-5-12)11-6-8-14(13)9-7-11/h2-6H,7-9H2,1H3. The number of halogens is 1. The third kappa shape index (κ3) is 2.52. The Balaban J connectivity index is 2.16. The lowest BCUT2D eigenvalue weighted by atomic mass is 10.0. The molecule has 80 valence electrons. The minimum Gasteiger partial charge on any atom is -0.497 e. The van der Waals surface area contributed by atoms with Crippen molar-refractivity contribution in [3.05, 3.63) is 35.9 Å². The van der Waals surface area contributed by atoms with Gasteiger partial charge in [-0.25, -0.2) is 4.42 Å². The Kier molecular flexibility index (Phi) is 3.29. The van der Waals surface area contributed by atoms with Gasteiger partial charge in [-0.2, -0.15) is 0 Å². The molecule has 0 aromatic heterocycles. The van der Waals surface area contributed by atoms with Gasteiger partial charge >= 0.3 is 0 Å². The Morgan fingerprint density at radius 3 is 2.53 bits per heavy atom. The van der Waals surface area contributed by atoms with E-state index in [1.54, 1.807) is 11.5 Å². The number of benzene rings is 1. The Morgan fingerprint density at radius 2 is 2.00 bits per heavy atom. The molecule has 15 heavy (non-hydrogen) atoms. The van der Waals surface area contributed by atoms with Gasteiger partial charge in [-0.05, 0) is 41.5 Å². The second kappa shape index (κ2) is 4.69. The van der Waals surface area contributed by atoms with Crippen molar-refractivity contribution in [2.75, 3.05) is 20.2 Å². The van der Waals surface area contributed by atoms with Gasteiger partial charge < -0.3 is 4.74 Å². The molecule has 1 heterocycles. The van der Waals surface area contributed by atoms with Crippen molar-refractivity contribution in [1.29, 1.82) is 0 Å². The second-order valence-electron chi connectivity index (χ2n) is 3.58. The predicted molar refractivity (Wildman–Crippen MR) is 63.0 cm³/mol. The maximum atomic E-state index is 5.89. The van der Waals surface area contributed by atoms with Crippen molar-refractivity contribution < 1.29 is 4.74 Å². The molecule has 1 aromatic carbocycles. The smallest absolute Gasteiger partial charge is 0.118 e. The molecule has 0 saturated heterocycles. The van der Waals surface area contributed by atoms with Crippen LogP contribution in [0, 0.1) is 0 Å². The lowest BCUT2D eigenvalue weighted by Gasteiger charge is -2.19. The van der Waals surface area contributed by atoms with Crippen LogP contribution >= 0.6 is 11.8 Å². The van der Waals surface area contributed by atoms with Gasteiger partial charge in [-0.1, -0.05) is 18.2 Å². The van der Waals surface area contributed by atoms with Crippen molar-refractivity contribution in [3.8, 4) is 5.75 Å². The third-order valence-corrected chi connectivity index (χ3v) is 2.93. The molecule has 2 rings (SSSR count). The van der Waals surface area contributed by atoms with Gasteiger partial charge in [0.2, 0.25) is 0 Å². The Bertz CT molecular complexity index is 358.